The lowest BCUT2D eigenvalue weighted by Gasteiger charge is -2.32. The molecule has 0 saturated carbocycles. The van der Waals surface area contributed by atoms with Crippen LogP contribution < -0.4 is 15.3 Å². The molecule has 0 aliphatic carbocycles. The van der Waals surface area contributed by atoms with Crippen molar-refractivity contribution in [3.63, 3.8) is 0 Å². The van der Waals surface area contributed by atoms with E-state index in [9.17, 15) is 0 Å². The van der Waals surface area contributed by atoms with Crippen LogP contribution in [0.4, 0.5) is 5.69 Å². The van der Waals surface area contributed by atoms with Crippen molar-refractivity contribution in [1.29, 1.82) is 0 Å². The van der Waals surface area contributed by atoms with E-state index in [1.807, 2.05) is 11.3 Å². The lowest BCUT2D eigenvalue weighted by molar-refractivity contribution is 0.00578. The average Bonchev–Trinajstić information content (AvgIpc) is 2.92. The van der Waals surface area contributed by atoms with Gasteiger partial charge in [0.25, 0.3) is 0 Å². The molecule has 6 heteroatoms. The summed E-state index contributed by atoms with van der Waals surface area (Å²) in [5.74, 6) is 0. The van der Waals surface area contributed by atoms with Crippen LogP contribution in [-0.4, -0.2) is 18.3 Å². The molecule has 2 aliphatic heterocycles. The summed E-state index contributed by atoms with van der Waals surface area (Å²) in [7, 11) is -0.303. The first-order valence-electron chi connectivity index (χ1n) is 7.14. The summed E-state index contributed by atoms with van der Waals surface area (Å²) in [4.78, 5) is 0. The van der Waals surface area contributed by atoms with Crippen LogP contribution in [0.5, 0.6) is 0 Å². The molecule has 0 bridgehead atoms. The van der Waals surface area contributed by atoms with E-state index in [4.69, 9.17) is 9.31 Å². The van der Waals surface area contributed by atoms with Gasteiger partial charge >= 0.3 is 7.12 Å². The summed E-state index contributed by atoms with van der Waals surface area (Å²) in [6.07, 6.45) is 0. The molecule has 0 atom stereocenters. The highest BCUT2D eigenvalue weighted by Crippen LogP contribution is 2.36. The Labute approximate surface area is 131 Å². The van der Waals surface area contributed by atoms with E-state index in [0.717, 1.165) is 16.8 Å². The summed E-state index contributed by atoms with van der Waals surface area (Å²) in [5.41, 5.74) is 5.98. The molecule has 1 saturated heterocycles. The topological polar surface area (TPSA) is 33.7 Å². The third-order valence-electron chi connectivity index (χ3n) is 4.27. The summed E-state index contributed by atoms with van der Waals surface area (Å²) < 4.78 is 14.2. The molecule has 0 unspecified atom stereocenters. The fourth-order valence-electron chi connectivity index (χ4n) is 2.22. The van der Waals surface area contributed by atoms with Crippen molar-refractivity contribution in [3.05, 3.63) is 35.4 Å². The van der Waals surface area contributed by atoms with E-state index >= 15 is 0 Å². The van der Waals surface area contributed by atoms with Gasteiger partial charge in [-0.05, 0) is 52.2 Å². The van der Waals surface area contributed by atoms with E-state index < -0.39 is 0 Å². The highest BCUT2D eigenvalue weighted by molar-refractivity contribution is 8.03. The number of hydrogen-bond acceptors (Lipinski definition) is 5. The van der Waals surface area contributed by atoms with Gasteiger partial charge < -0.3 is 9.31 Å². The predicted molar refractivity (Wildman–Crippen MR) is 89.1 cm³/mol. The molecule has 0 amide bonds. The van der Waals surface area contributed by atoms with Crippen LogP contribution in [0.15, 0.2) is 35.4 Å². The van der Waals surface area contributed by atoms with Gasteiger partial charge in [0.15, 0.2) is 0 Å². The van der Waals surface area contributed by atoms with Crippen LogP contribution in [0.3, 0.4) is 0 Å². The molecule has 2 aliphatic rings. The van der Waals surface area contributed by atoms with Gasteiger partial charge in [-0.1, -0.05) is 12.1 Å². The Morgan fingerprint density at radius 1 is 1.05 bits per heavy atom. The van der Waals surface area contributed by atoms with E-state index in [1.165, 1.54) is 0 Å². The second-order valence-corrected chi connectivity index (χ2v) is 7.30. The number of hydrazine groups is 1. The first kappa shape index (κ1) is 14.8. The number of benzene rings is 1. The van der Waals surface area contributed by atoms with Gasteiger partial charge in [0.05, 0.1) is 16.9 Å². The minimum atomic E-state index is -0.303. The van der Waals surface area contributed by atoms with Gasteiger partial charge in [0, 0.05) is 23.1 Å². The van der Waals surface area contributed by atoms with Crippen LogP contribution in [0.25, 0.3) is 0 Å². The van der Waals surface area contributed by atoms with Crippen LogP contribution in [-0.2, 0) is 9.31 Å². The molecule has 1 aromatic rings. The molecule has 1 N–H and O–H groups in total. The van der Waals surface area contributed by atoms with Crippen molar-refractivity contribution >= 4 is 30.2 Å². The molecular weight excluding hydrogens is 283 g/mol. The number of nitrogens with zero attached hydrogens (tertiary/aromatic N) is 1. The molecule has 0 spiro atoms. The van der Waals surface area contributed by atoms with Crippen molar-refractivity contribution in [3.8, 4) is 0 Å². The van der Waals surface area contributed by atoms with Gasteiger partial charge in [0.2, 0.25) is 0 Å². The first-order chi connectivity index (χ1) is 9.78. The molecule has 112 valence electrons. The van der Waals surface area contributed by atoms with Gasteiger partial charge in [0.1, 0.15) is 0 Å². The highest BCUT2D eigenvalue weighted by Gasteiger charge is 2.51. The standard InChI is InChI=1S/C15H21BN2O2S/c1-11-10-21-18(17-11)13-8-6-12(7-9-13)16-19-14(2,3)15(4,5)20-16/h6-10,17H,1-5H3. The summed E-state index contributed by atoms with van der Waals surface area (Å²) >= 11 is 1.64. The van der Waals surface area contributed by atoms with Crippen LogP contribution in [0.1, 0.15) is 34.6 Å². The molecule has 21 heavy (non-hydrogen) atoms. The third kappa shape index (κ3) is 2.68. The second kappa shape index (κ2) is 4.97. The average molecular weight is 304 g/mol. The zero-order chi connectivity index (χ0) is 15.3. The van der Waals surface area contributed by atoms with E-state index in [0.29, 0.717) is 0 Å². The van der Waals surface area contributed by atoms with Crippen LogP contribution >= 0.6 is 11.9 Å². The minimum Gasteiger partial charge on any atom is -0.399 e. The maximum Gasteiger partial charge on any atom is 0.494 e. The monoisotopic (exact) mass is 304 g/mol. The molecular formula is C15H21BN2O2S. The van der Waals surface area contributed by atoms with E-state index in [2.05, 4.69) is 62.8 Å². The Balaban J connectivity index is 1.74. The zero-order valence-electron chi connectivity index (χ0n) is 13.1. The van der Waals surface area contributed by atoms with Crippen LogP contribution in [0.2, 0.25) is 0 Å². The molecule has 1 aromatic carbocycles. The molecule has 4 nitrogen and oxygen atoms in total. The van der Waals surface area contributed by atoms with E-state index in [1.54, 1.807) is 11.9 Å². The molecule has 3 rings (SSSR count). The maximum atomic E-state index is 6.07. The van der Waals surface area contributed by atoms with Crippen molar-refractivity contribution in [1.82, 2.24) is 5.43 Å². The summed E-state index contributed by atoms with van der Waals surface area (Å²) in [5, 5.41) is 2.09. The van der Waals surface area contributed by atoms with Gasteiger partial charge in [-0.2, -0.15) is 0 Å². The van der Waals surface area contributed by atoms with Crippen molar-refractivity contribution in [2.24, 2.45) is 0 Å². The Morgan fingerprint density at radius 2 is 1.62 bits per heavy atom. The fraction of sp³-hybridized carbons (Fsp3) is 0.467. The van der Waals surface area contributed by atoms with Gasteiger partial charge in [-0.15, -0.1) is 0 Å². The van der Waals surface area contributed by atoms with Crippen molar-refractivity contribution in [2.75, 3.05) is 4.41 Å². The van der Waals surface area contributed by atoms with Crippen molar-refractivity contribution < 1.29 is 9.31 Å². The Morgan fingerprint density at radius 3 is 2.10 bits per heavy atom. The fourth-order valence-corrected chi connectivity index (χ4v) is 2.97. The van der Waals surface area contributed by atoms with Gasteiger partial charge in [-0.25, -0.2) is 4.41 Å². The summed E-state index contributed by atoms with van der Waals surface area (Å²) in [6, 6.07) is 8.28. The highest BCUT2D eigenvalue weighted by atomic mass is 32.2. The lowest BCUT2D eigenvalue weighted by atomic mass is 9.79. The molecule has 0 aromatic heterocycles. The quantitative estimate of drug-likeness (QED) is 0.671. The molecule has 1 fully saturated rings. The first-order valence-corrected chi connectivity index (χ1v) is 7.98. The third-order valence-corrected chi connectivity index (χ3v) is 5.24. The van der Waals surface area contributed by atoms with Crippen LogP contribution in [0, 0.1) is 0 Å². The van der Waals surface area contributed by atoms with Crippen molar-refractivity contribution in [2.45, 2.75) is 45.8 Å². The zero-order valence-corrected chi connectivity index (χ0v) is 14.0. The minimum absolute atomic E-state index is 0.302. The Bertz CT molecular complexity index is 556. The smallest absolute Gasteiger partial charge is 0.399 e. The lowest BCUT2D eigenvalue weighted by Crippen LogP contribution is -2.41. The predicted octanol–water partition coefficient (Wildman–Crippen LogP) is 2.82. The largest absolute Gasteiger partial charge is 0.494 e. The number of hydrogen-bond donors (Lipinski definition) is 1. The SMILES string of the molecule is CC1=CSN(c2ccc(B3OC(C)(C)C(C)(C)O3)cc2)N1. The number of anilines is 1. The van der Waals surface area contributed by atoms with Gasteiger partial charge in [-0.3, -0.25) is 5.43 Å². The Hall–Kier alpha value is -1.11. The second-order valence-electron chi connectivity index (χ2n) is 6.49. The summed E-state index contributed by atoms with van der Waals surface area (Å²) in [6.45, 7) is 10.3. The number of nitrogens with one attached hydrogen (secondary N) is 1. The Kier molecular flexibility index (Phi) is 3.51. The molecule has 0 radical (unpaired) electrons. The number of allylic oxidation sites excluding steroid dienone is 1. The normalized spacial score (nSPS) is 23.2. The van der Waals surface area contributed by atoms with E-state index in [-0.39, 0.29) is 18.3 Å². The molecule has 2 heterocycles. The number of rotatable bonds is 2. The maximum absolute atomic E-state index is 6.07.